The smallest absolute Gasteiger partial charge is 0.411 e. The zero-order chi connectivity index (χ0) is 32.9. The van der Waals surface area contributed by atoms with E-state index in [4.69, 9.17) is 16.3 Å². The van der Waals surface area contributed by atoms with E-state index in [2.05, 4.69) is 23.6 Å². The van der Waals surface area contributed by atoms with Gasteiger partial charge in [-0.1, -0.05) is 29.8 Å². The quantitative estimate of drug-likeness (QED) is 0.238. The summed E-state index contributed by atoms with van der Waals surface area (Å²) in [4.78, 5) is 19.4. The second-order valence-corrected chi connectivity index (χ2v) is 13.3. The van der Waals surface area contributed by atoms with Crippen LogP contribution in [0.2, 0.25) is 5.02 Å². The second-order valence-electron chi connectivity index (χ2n) is 12.8. The van der Waals surface area contributed by atoms with Gasteiger partial charge in [0.2, 0.25) is 0 Å². The van der Waals surface area contributed by atoms with Crippen LogP contribution in [0.5, 0.6) is 0 Å². The first kappa shape index (κ1) is 35.6. The van der Waals surface area contributed by atoms with Gasteiger partial charge >= 0.3 is 12.1 Å². The summed E-state index contributed by atoms with van der Waals surface area (Å²) in [6, 6.07) is 9.47. The van der Waals surface area contributed by atoms with Gasteiger partial charge in [-0.15, -0.1) is 0 Å². The molecular formula is C34H46ClF4N3O3. The molecule has 45 heavy (non-hydrogen) atoms. The van der Waals surface area contributed by atoms with Crippen molar-refractivity contribution in [2.75, 3.05) is 46.4 Å². The summed E-state index contributed by atoms with van der Waals surface area (Å²) in [5, 5.41) is 11.0. The van der Waals surface area contributed by atoms with Crippen molar-refractivity contribution in [3.63, 3.8) is 0 Å². The fourth-order valence-electron chi connectivity index (χ4n) is 7.11. The highest BCUT2D eigenvalue weighted by Gasteiger charge is 2.35. The van der Waals surface area contributed by atoms with Gasteiger partial charge < -0.3 is 9.84 Å². The van der Waals surface area contributed by atoms with E-state index < -0.39 is 30.9 Å². The molecule has 1 saturated carbocycles. The van der Waals surface area contributed by atoms with E-state index in [9.17, 15) is 23.1 Å². The van der Waals surface area contributed by atoms with E-state index in [0.29, 0.717) is 60.8 Å². The summed E-state index contributed by atoms with van der Waals surface area (Å²) in [6.07, 6.45) is -2.11. The summed E-state index contributed by atoms with van der Waals surface area (Å²) in [5.74, 6) is -1.29. The Hall–Kier alpha value is -2.24. The normalized spacial score (nSPS) is 21.8. The minimum absolute atomic E-state index is 0.0211. The standard InChI is InChI=1S/C34H46ClF4N3O3/c1-22(2)41-16-18-42(19-17-41)30(28-20-25(35)10-13-29(28)36)14-15-40(4)32(33(43)44)27-7-5-6-23(3)31(27)24-8-11-26(12-9-24)45-21-34(37,38)39/h5-7,10,13,20,22,24,26,30,32H,8-9,11-12,14-19,21H2,1-4H3,(H,43,44)/t24?,26?,30-,32+/m0/s1. The molecular weight excluding hydrogens is 610 g/mol. The van der Waals surface area contributed by atoms with E-state index in [0.717, 1.165) is 37.3 Å². The SMILES string of the molecule is Cc1cccc([C@H](C(=O)O)N(C)CC[C@@H](c2cc(Cl)ccc2F)N2CCN(C(C)C)CC2)c1C1CCC(OCC(F)(F)F)CC1. The molecule has 0 bridgehead atoms. The maximum Gasteiger partial charge on any atom is 0.411 e. The van der Waals surface area contributed by atoms with Crippen LogP contribution in [0.1, 0.15) is 86.2 Å². The highest BCUT2D eigenvalue weighted by atomic mass is 35.5. The molecule has 250 valence electrons. The molecule has 1 aliphatic heterocycles. The third-order valence-electron chi connectivity index (χ3n) is 9.48. The predicted molar refractivity (Wildman–Crippen MR) is 168 cm³/mol. The molecule has 2 aliphatic rings. The average molecular weight is 656 g/mol. The van der Waals surface area contributed by atoms with Crippen molar-refractivity contribution < 1.29 is 32.2 Å². The number of nitrogens with zero attached hydrogens (tertiary/aromatic N) is 3. The molecule has 0 amide bonds. The number of carboxylic acid groups (broad SMARTS) is 1. The van der Waals surface area contributed by atoms with Crippen LogP contribution in [-0.4, -0.2) is 90.5 Å². The summed E-state index contributed by atoms with van der Waals surface area (Å²) in [7, 11) is 1.79. The molecule has 2 atom stereocenters. The Morgan fingerprint density at radius 1 is 1.04 bits per heavy atom. The minimum Gasteiger partial charge on any atom is -0.480 e. The van der Waals surface area contributed by atoms with Gasteiger partial charge in [0.15, 0.2) is 0 Å². The van der Waals surface area contributed by atoms with Crippen LogP contribution in [0.25, 0.3) is 0 Å². The molecule has 0 unspecified atom stereocenters. The van der Waals surface area contributed by atoms with E-state index in [1.807, 2.05) is 30.0 Å². The van der Waals surface area contributed by atoms with Crippen LogP contribution in [0, 0.1) is 12.7 Å². The molecule has 2 aromatic rings. The molecule has 6 nitrogen and oxygen atoms in total. The number of ether oxygens (including phenoxy) is 1. The van der Waals surface area contributed by atoms with Crippen LogP contribution >= 0.6 is 11.6 Å². The number of hydrogen-bond acceptors (Lipinski definition) is 5. The van der Waals surface area contributed by atoms with Crippen molar-refractivity contribution >= 4 is 17.6 Å². The number of benzene rings is 2. The maximum atomic E-state index is 15.2. The Morgan fingerprint density at radius 3 is 2.29 bits per heavy atom. The average Bonchev–Trinajstić information content (AvgIpc) is 2.98. The van der Waals surface area contributed by atoms with Crippen molar-refractivity contribution in [3.8, 4) is 0 Å². The molecule has 11 heteroatoms. The lowest BCUT2D eigenvalue weighted by atomic mass is 9.77. The van der Waals surface area contributed by atoms with Gasteiger partial charge in [-0.05, 0) is 101 Å². The Labute approximate surface area is 269 Å². The van der Waals surface area contributed by atoms with Crippen molar-refractivity contribution in [1.29, 1.82) is 0 Å². The molecule has 1 heterocycles. The van der Waals surface area contributed by atoms with Crippen molar-refractivity contribution in [1.82, 2.24) is 14.7 Å². The lowest BCUT2D eigenvalue weighted by Crippen LogP contribution is -2.50. The molecule has 0 aromatic heterocycles. The van der Waals surface area contributed by atoms with Gasteiger partial charge in [0.1, 0.15) is 18.5 Å². The van der Waals surface area contributed by atoms with Gasteiger partial charge in [-0.25, -0.2) is 4.39 Å². The van der Waals surface area contributed by atoms with E-state index in [1.165, 1.54) is 12.1 Å². The van der Waals surface area contributed by atoms with Crippen LogP contribution in [0.3, 0.4) is 0 Å². The van der Waals surface area contributed by atoms with Crippen LogP contribution in [0.15, 0.2) is 36.4 Å². The number of piperazine rings is 1. The Morgan fingerprint density at radius 2 is 1.69 bits per heavy atom. The van der Waals surface area contributed by atoms with Crippen molar-refractivity contribution in [3.05, 3.63) is 69.5 Å². The predicted octanol–water partition coefficient (Wildman–Crippen LogP) is 7.61. The zero-order valence-corrected chi connectivity index (χ0v) is 27.4. The lowest BCUT2D eigenvalue weighted by molar-refractivity contribution is -0.188. The number of alkyl halides is 3. The number of carboxylic acids is 1. The molecule has 4 rings (SSSR count). The largest absolute Gasteiger partial charge is 0.480 e. The number of carbonyl (C=O) groups is 1. The summed E-state index contributed by atoms with van der Waals surface area (Å²) >= 11 is 6.31. The Balaban J connectivity index is 1.53. The molecule has 0 spiro atoms. The number of rotatable bonds is 12. The van der Waals surface area contributed by atoms with E-state index in [1.54, 1.807) is 13.1 Å². The minimum atomic E-state index is -4.36. The van der Waals surface area contributed by atoms with Crippen LogP contribution in [-0.2, 0) is 9.53 Å². The Bertz CT molecular complexity index is 1280. The van der Waals surface area contributed by atoms with E-state index in [-0.39, 0.29) is 17.8 Å². The van der Waals surface area contributed by atoms with Gasteiger partial charge in [0, 0.05) is 55.4 Å². The van der Waals surface area contributed by atoms with Crippen molar-refractivity contribution in [2.24, 2.45) is 0 Å². The number of likely N-dealkylation sites (N-methyl/N-ethyl adjacent to an activating group) is 1. The maximum absolute atomic E-state index is 15.2. The fraction of sp³-hybridized carbons (Fsp3) is 0.618. The summed E-state index contributed by atoms with van der Waals surface area (Å²) in [5.41, 5.74) is 3.13. The molecule has 1 N–H and O–H groups in total. The van der Waals surface area contributed by atoms with Gasteiger partial charge in [0.05, 0.1) is 6.10 Å². The number of aryl methyl sites for hydroxylation is 1. The third-order valence-corrected chi connectivity index (χ3v) is 9.72. The van der Waals surface area contributed by atoms with Crippen LogP contribution in [0.4, 0.5) is 17.6 Å². The monoisotopic (exact) mass is 655 g/mol. The molecule has 0 radical (unpaired) electrons. The first-order chi connectivity index (χ1) is 21.2. The number of halogens is 5. The first-order valence-corrected chi connectivity index (χ1v) is 16.3. The Kier molecular flexibility index (Phi) is 12.3. The summed E-state index contributed by atoms with van der Waals surface area (Å²) < 4.78 is 58.4. The zero-order valence-electron chi connectivity index (χ0n) is 26.6. The molecule has 1 saturated heterocycles. The third kappa shape index (κ3) is 9.41. The fourth-order valence-corrected chi connectivity index (χ4v) is 7.29. The van der Waals surface area contributed by atoms with Crippen molar-refractivity contribution in [2.45, 2.75) is 89.2 Å². The first-order valence-electron chi connectivity index (χ1n) is 15.9. The van der Waals surface area contributed by atoms with Gasteiger partial charge in [0.25, 0.3) is 0 Å². The summed E-state index contributed by atoms with van der Waals surface area (Å²) in [6.45, 7) is 8.67. The number of hydrogen-bond donors (Lipinski definition) is 1. The van der Waals surface area contributed by atoms with Gasteiger partial charge in [-0.2, -0.15) is 13.2 Å². The molecule has 2 fully saturated rings. The second kappa shape index (κ2) is 15.6. The van der Waals surface area contributed by atoms with Gasteiger partial charge in [-0.3, -0.25) is 19.5 Å². The lowest BCUT2D eigenvalue weighted by Gasteiger charge is -2.41. The highest BCUT2D eigenvalue weighted by Crippen LogP contribution is 2.41. The molecule has 1 aliphatic carbocycles. The van der Waals surface area contributed by atoms with Crippen LogP contribution < -0.4 is 0 Å². The highest BCUT2D eigenvalue weighted by molar-refractivity contribution is 6.30. The number of aliphatic carboxylic acids is 1. The topological polar surface area (TPSA) is 56.2 Å². The van der Waals surface area contributed by atoms with E-state index >= 15 is 4.39 Å². The molecule has 2 aromatic carbocycles.